The van der Waals surface area contributed by atoms with Gasteiger partial charge in [0.2, 0.25) is 11.8 Å². The molecular formula is C32H30N2O5. The number of benzene rings is 3. The van der Waals surface area contributed by atoms with E-state index in [1.807, 2.05) is 36.4 Å². The lowest BCUT2D eigenvalue weighted by atomic mass is 9.66. The van der Waals surface area contributed by atoms with Gasteiger partial charge in [-0.15, -0.1) is 0 Å². The first kappa shape index (κ1) is 24.3. The predicted octanol–water partition coefficient (Wildman–Crippen LogP) is 4.46. The second-order valence-corrected chi connectivity index (χ2v) is 11.5. The molecule has 5 atom stereocenters. The third kappa shape index (κ3) is 3.35. The molecular weight excluding hydrogens is 492 g/mol. The molecule has 7 rings (SSSR count). The molecule has 3 heterocycles. The molecule has 3 aliphatic heterocycles. The van der Waals surface area contributed by atoms with Gasteiger partial charge in [-0.1, -0.05) is 36.4 Å². The number of anilines is 1. The second-order valence-electron chi connectivity index (χ2n) is 11.5. The van der Waals surface area contributed by atoms with Crippen LogP contribution in [0.2, 0.25) is 0 Å². The summed E-state index contributed by atoms with van der Waals surface area (Å²) >= 11 is 0. The van der Waals surface area contributed by atoms with Crippen molar-refractivity contribution in [3.05, 3.63) is 71.3 Å². The summed E-state index contributed by atoms with van der Waals surface area (Å²) in [7, 11) is 0. The van der Waals surface area contributed by atoms with Gasteiger partial charge in [-0.25, -0.2) is 4.90 Å². The Hall–Kier alpha value is -3.73. The maximum Gasteiger partial charge on any atom is 0.240 e. The topological polar surface area (TPSA) is 99.9 Å². The molecule has 0 aromatic heterocycles. The normalized spacial score (nSPS) is 30.9. The van der Waals surface area contributed by atoms with Crippen molar-refractivity contribution in [2.24, 2.45) is 11.8 Å². The lowest BCUT2D eigenvalue weighted by Crippen LogP contribution is -2.49. The molecule has 0 radical (unpaired) electrons. The fourth-order valence-corrected chi connectivity index (χ4v) is 7.65. The third-order valence-corrected chi connectivity index (χ3v) is 9.51. The van der Waals surface area contributed by atoms with Crippen LogP contribution < -0.4 is 9.64 Å². The molecule has 2 amide bonds. The number of aliphatic hydroxyl groups excluding tert-OH is 1. The summed E-state index contributed by atoms with van der Waals surface area (Å²) in [6, 6.07) is 19.0. The number of amides is 2. The molecule has 4 aliphatic rings. The summed E-state index contributed by atoms with van der Waals surface area (Å²) in [5.74, 6) is -1.29. The standard InChI is InChI=1S/C32H30N2O5/c1-31-26(35)17-32(39-31,15-16-38-25-12-6-8-19-7-2-3-10-22(19)25)28-27(31)29(36)34(30(28)37)24-14-13-20(18-33)21-9-4-5-11-23(21)24/h4-6,8-9,11-14,26-28,35H,2-3,7,10,15-17H2,1H3/t26?,27-,28+,31-,32+/m1/s1. The molecule has 2 bridgehead atoms. The van der Waals surface area contributed by atoms with Gasteiger partial charge in [-0.3, -0.25) is 9.59 Å². The van der Waals surface area contributed by atoms with Gasteiger partial charge in [0.15, 0.2) is 0 Å². The summed E-state index contributed by atoms with van der Waals surface area (Å²) in [5, 5.41) is 22.0. The Labute approximate surface area is 226 Å². The number of imide groups is 1. The Morgan fingerprint density at radius 2 is 1.79 bits per heavy atom. The van der Waals surface area contributed by atoms with Gasteiger partial charge in [0.25, 0.3) is 0 Å². The number of fused-ring (bicyclic) bond motifs is 7. The lowest BCUT2D eigenvalue weighted by Gasteiger charge is -2.33. The van der Waals surface area contributed by atoms with Gasteiger partial charge in [0.1, 0.15) is 11.4 Å². The summed E-state index contributed by atoms with van der Waals surface area (Å²) in [6.45, 7) is 2.08. The molecule has 7 heteroatoms. The molecule has 3 aromatic rings. The Balaban J connectivity index is 1.22. The quantitative estimate of drug-likeness (QED) is 0.497. The van der Waals surface area contributed by atoms with Crippen molar-refractivity contribution >= 4 is 28.3 Å². The Morgan fingerprint density at radius 1 is 1.03 bits per heavy atom. The van der Waals surface area contributed by atoms with Crippen molar-refractivity contribution in [2.75, 3.05) is 11.5 Å². The Morgan fingerprint density at radius 3 is 2.62 bits per heavy atom. The highest BCUT2D eigenvalue weighted by Crippen LogP contribution is 2.62. The van der Waals surface area contributed by atoms with Crippen molar-refractivity contribution in [3.8, 4) is 11.8 Å². The Bertz CT molecular complexity index is 1580. The van der Waals surface area contributed by atoms with Crippen molar-refractivity contribution in [3.63, 3.8) is 0 Å². The maximum absolute atomic E-state index is 14.1. The number of nitriles is 1. The fourth-order valence-electron chi connectivity index (χ4n) is 7.65. The average Bonchev–Trinajstić information content (AvgIpc) is 3.49. The molecule has 0 saturated carbocycles. The minimum Gasteiger partial charge on any atom is -0.493 e. The first-order valence-corrected chi connectivity index (χ1v) is 13.8. The molecule has 3 fully saturated rings. The van der Waals surface area contributed by atoms with E-state index in [0.29, 0.717) is 35.1 Å². The van der Waals surface area contributed by atoms with Crippen LogP contribution in [0.4, 0.5) is 5.69 Å². The highest BCUT2D eigenvalue weighted by Gasteiger charge is 2.77. The number of aryl methyl sites for hydroxylation is 1. The van der Waals surface area contributed by atoms with E-state index in [1.165, 1.54) is 22.4 Å². The van der Waals surface area contributed by atoms with Crippen LogP contribution in [-0.2, 0) is 27.2 Å². The molecule has 0 spiro atoms. The number of hydrogen-bond acceptors (Lipinski definition) is 6. The average molecular weight is 523 g/mol. The zero-order valence-corrected chi connectivity index (χ0v) is 21.9. The molecule has 1 N–H and O–H groups in total. The van der Waals surface area contributed by atoms with Gasteiger partial charge in [0.05, 0.1) is 47.5 Å². The van der Waals surface area contributed by atoms with E-state index in [1.54, 1.807) is 19.1 Å². The number of nitrogens with zero attached hydrogens (tertiary/aromatic N) is 2. The van der Waals surface area contributed by atoms with Crippen LogP contribution in [0.15, 0.2) is 54.6 Å². The second kappa shape index (κ2) is 8.64. The molecule has 3 saturated heterocycles. The highest BCUT2D eigenvalue weighted by molar-refractivity contribution is 6.26. The van der Waals surface area contributed by atoms with Crippen LogP contribution >= 0.6 is 0 Å². The number of ether oxygens (including phenoxy) is 2. The third-order valence-electron chi connectivity index (χ3n) is 9.51. The van der Waals surface area contributed by atoms with Crippen LogP contribution in [0.25, 0.3) is 10.8 Å². The largest absolute Gasteiger partial charge is 0.493 e. The van der Waals surface area contributed by atoms with Crippen LogP contribution in [0.1, 0.15) is 49.3 Å². The zero-order valence-electron chi connectivity index (χ0n) is 21.9. The minimum atomic E-state index is -1.15. The van der Waals surface area contributed by atoms with E-state index in [0.717, 1.165) is 25.0 Å². The van der Waals surface area contributed by atoms with Gasteiger partial charge < -0.3 is 14.6 Å². The number of aliphatic hydroxyl groups is 1. The molecule has 1 unspecified atom stereocenters. The number of hydrogen-bond donors (Lipinski definition) is 1. The molecule has 7 nitrogen and oxygen atoms in total. The monoisotopic (exact) mass is 522 g/mol. The van der Waals surface area contributed by atoms with Crippen LogP contribution in [0, 0.1) is 23.2 Å². The highest BCUT2D eigenvalue weighted by atomic mass is 16.6. The van der Waals surface area contributed by atoms with E-state index in [2.05, 4.69) is 12.1 Å². The summed E-state index contributed by atoms with van der Waals surface area (Å²) in [6.07, 6.45) is 4.20. The van der Waals surface area contributed by atoms with E-state index >= 15 is 0 Å². The first-order valence-electron chi connectivity index (χ1n) is 13.8. The fraction of sp³-hybridized carbons (Fsp3) is 0.406. The van der Waals surface area contributed by atoms with E-state index in [9.17, 15) is 20.0 Å². The van der Waals surface area contributed by atoms with Crippen LogP contribution in [0.5, 0.6) is 5.75 Å². The molecule has 39 heavy (non-hydrogen) atoms. The summed E-state index contributed by atoms with van der Waals surface area (Å²) < 4.78 is 12.8. The first-order chi connectivity index (χ1) is 18.9. The SMILES string of the molecule is C[C@@]12O[C@@](CCOc3cccc4c3CCCC4)(CC1O)[C@@H]1C(=O)N(c3ccc(C#N)c4ccccc34)C(=O)[C@@H]12. The van der Waals surface area contributed by atoms with Gasteiger partial charge in [0, 0.05) is 23.6 Å². The lowest BCUT2D eigenvalue weighted by molar-refractivity contribution is -0.134. The summed E-state index contributed by atoms with van der Waals surface area (Å²) in [5.41, 5.74) is 1.40. The van der Waals surface area contributed by atoms with Crippen molar-refractivity contribution in [2.45, 2.75) is 62.8 Å². The molecule has 1 aliphatic carbocycles. The summed E-state index contributed by atoms with van der Waals surface area (Å²) in [4.78, 5) is 29.3. The van der Waals surface area contributed by atoms with Gasteiger partial charge in [-0.05, 0) is 61.9 Å². The Kier molecular flexibility index (Phi) is 5.39. The van der Waals surface area contributed by atoms with Gasteiger partial charge >= 0.3 is 0 Å². The van der Waals surface area contributed by atoms with Crippen molar-refractivity contribution in [1.82, 2.24) is 0 Å². The number of carbonyl (C=O) groups excluding carboxylic acids is 2. The van der Waals surface area contributed by atoms with Crippen LogP contribution in [-0.4, -0.2) is 40.8 Å². The molecule has 198 valence electrons. The van der Waals surface area contributed by atoms with Crippen LogP contribution in [0.3, 0.4) is 0 Å². The van der Waals surface area contributed by atoms with E-state index in [-0.39, 0.29) is 18.2 Å². The van der Waals surface area contributed by atoms with E-state index < -0.39 is 29.1 Å². The number of rotatable bonds is 5. The number of carbonyl (C=O) groups is 2. The van der Waals surface area contributed by atoms with Crippen molar-refractivity contribution < 1.29 is 24.2 Å². The smallest absolute Gasteiger partial charge is 0.240 e. The van der Waals surface area contributed by atoms with Gasteiger partial charge in [-0.2, -0.15) is 5.26 Å². The minimum absolute atomic E-state index is 0.280. The van der Waals surface area contributed by atoms with E-state index in [4.69, 9.17) is 9.47 Å². The predicted molar refractivity (Wildman–Crippen MR) is 144 cm³/mol. The molecule has 3 aromatic carbocycles. The maximum atomic E-state index is 14.1. The zero-order chi connectivity index (χ0) is 26.9. The van der Waals surface area contributed by atoms with Crippen molar-refractivity contribution in [1.29, 1.82) is 5.26 Å².